The first-order valence-corrected chi connectivity index (χ1v) is 4.71. The quantitative estimate of drug-likeness (QED) is 0.746. The van der Waals surface area contributed by atoms with E-state index in [4.69, 9.17) is 28.2 Å². The van der Waals surface area contributed by atoms with Gasteiger partial charge in [0.2, 0.25) is 0 Å². The van der Waals surface area contributed by atoms with E-state index in [9.17, 15) is 0 Å². The third kappa shape index (κ3) is 1.70. The highest BCUT2D eigenvalue weighted by atomic mass is 35.5. The van der Waals surface area contributed by atoms with Crippen molar-refractivity contribution >= 4 is 17.3 Å². The molecule has 2 nitrogen and oxygen atoms in total. The van der Waals surface area contributed by atoms with Crippen LogP contribution in [0.3, 0.4) is 0 Å². The molecule has 74 valence electrons. The molecule has 0 spiro atoms. The van der Waals surface area contributed by atoms with E-state index in [2.05, 4.69) is 5.92 Å². The third-order valence-corrected chi connectivity index (χ3v) is 2.36. The van der Waals surface area contributed by atoms with E-state index in [-0.39, 0.29) is 0 Å². The molecule has 1 heterocycles. The van der Waals surface area contributed by atoms with E-state index in [0.717, 1.165) is 5.56 Å². The van der Waals surface area contributed by atoms with Gasteiger partial charge >= 0.3 is 0 Å². The second-order valence-electron chi connectivity index (χ2n) is 3.02. The Kier molecular flexibility index (Phi) is 2.40. The minimum atomic E-state index is 0.338. The summed E-state index contributed by atoms with van der Waals surface area (Å²) in [5, 5.41) is 0.606. The number of nitrogen functional groups attached to an aromatic ring is 1. The van der Waals surface area contributed by atoms with Gasteiger partial charge in [0.15, 0.2) is 5.76 Å². The molecule has 3 heteroatoms. The maximum Gasteiger partial charge on any atom is 0.200 e. The lowest BCUT2D eigenvalue weighted by atomic mass is 10.2. The minimum Gasteiger partial charge on any atom is -0.445 e. The van der Waals surface area contributed by atoms with Crippen LogP contribution in [0.5, 0.6) is 0 Å². The molecule has 1 aromatic carbocycles. The van der Waals surface area contributed by atoms with Gasteiger partial charge in [-0.2, -0.15) is 0 Å². The summed E-state index contributed by atoms with van der Waals surface area (Å²) in [6.07, 6.45) is 5.22. The van der Waals surface area contributed by atoms with Gasteiger partial charge in [-0.3, -0.25) is 0 Å². The predicted molar refractivity (Wildman–Crippen MR) is 61.5 cm³/mol. The summed E-state index contributed by atoms with van der Waals surface area (Å²) in [6.45, 7) is 0. The number of halogens is 1. The summed E-state index contributed by atoms with van der Waals surface area (Å²) in [5.74, 6) is 3.30. The molecule has 0 bridgehead atoms. The van der Waals surface area contributed by atoms with Crippen LogP contribution in [-0.4, -0.2) is 0 Å². The number of hydrogen-bond donors (Lipinski definition) is 1. The van der Waals surface area contributed by atoms with Crippen LogP contribution in [0.25, 0.3) is 11.3 Å². The van der Waals surface area contributed by atoms with Gasteiger partial charge in [0.25, 0.3) is 0 Å². The molecular formula is C12H8ClNO. The molecule has 1 aromatic heterocycles. The van der Waals surface area contributed by atoms with E-state index in [1.54, 1.807) is 12.1 Å². The minimum absolute atomic E-state index is 0.338. The van der Waals surface area contributed by atoms with E-state index in [1.807, 2.05) is 18.2 Å². The van der Waals surface area contributed by atoms with Gasteiger partial charge in [0.05, 0.1) is 10.7 Å². The van der Waals surface area contributed by atoms with Crippen LogP contribution in [0.15, 0.2) is 34.7 Å². The van der Waals surface area contributed by atoms with E-state index < -0.39 is 0 Å². The van der Waals surface area contributed by atoms with Crippen molar-refractivity contribution in [3.63, 3.8) is 0 Å². The summed E-state index contributed by atoms with van der Waals surface area (Å²) < 4.78 is 5.38. The molecule has 0 aliphatic rings. The number of terminal acetylenes is 1. The van der Waals surface area contributed by atoms with Gasteiger partial charge in [-0.25, -0.2) is 0 Å². The highest BCUT2D eigenvalue weighted by Crippen LogP contribution is 2.31. The average Bonchev–Trinajstić information content (AvgIpc) is 2.60. The Hall–Kier alpha value is -1.85. The van der Waals surface area contributed by atoms with Crippen molar-refractivity contribution in [2.24, 2.45) is 0 Å². The molecule has 2 aromatic rings. The predicted octanol–water partition coefficient (Wildman–Crippen LogP) is 3.16. The van der Waals surface area contributed by atoms with Crippen molar-refractivity contribution in [2.45, 2.75) is 0 Å². The maximum absolute atomic E-state index is 6.01. The van der Waals surface area contributed by atoms with Crippen LogP contribution in [0, 0.1) is 12.3 Å². The van der Waals surface area contributed by atoms with Crippen LogP contribution in [0.1, 0.15) is 5.76 Å². The van der Waals surface area contributed by atoms with E-state index >= 15 is 0 Å². The molecular weight excluding hydrogens is 210 g/mol. The first-order valence-electron chi connectivity index (χ1n) is 4.33. The lowest BCUT2D eigenvalue weighted by Gasteiger charge is -1.98. The fourth-order valence-electron chi connectivity index (χ4n) is 1.31. The number of rotatable bonds is 1. The molecule has 0 atom stereocenters. The molecule has 0 unspecified atom stereocenters. The Morgan fingerprint density at radius 3 is 2.67 bits per heavy atom. The Morgan fingerprint density at radius 1 is 1.33 bits per heavy atom. The van der Waals surface area contributed by atoms with Crippen molar-refractivity contribution in [2.75, 3.05) is 5.73 Å². The molecule has 2 N–H and O–H groups in total. The second kappa shape index (κ2) is 3.72. The first-order chi connectivity index (χ1) is 7.22. The van der Waals surface area contributed by atoms with Crippen molar-refractivity contribution in [1.82, 2.24) is 0 Å². The highest BCUT2D eigenvalue weighted by Gasteiger charge is 2.10. The van der Waals surface area contributed by atoms with Gasteiger partial charge in [0, 0.05) is 11.6 Å². The highest BCUT2D eigenvalue weighted by molar-refractivity contribution is 6.33. The molecule has 0 saturated heterocycles. The number of furan rings is 1. The summed E-state index contributed by atoms with van der Waals surface area (Å²) in [5.41, 5.74) is 6.90. The molecule has 0 aliphatic heterocycles. The summed E-state index contributed by atoms with van der Waals surface area (Å²) in [6, 6.07) is 9.03. The SMILES string of the molecule is C#Cc1oc(-c2ccccc2Cl)cc1N. The Bertz CT molecular complexity index is 537. The Morgan fingerprint density at radius 2 is 2.07 bits per heavy atom. The Labute approximate surface area is 92.7 Å². The molecule has 15 heavy (non-hydrogen) atoms. The molecule has 0 aliphatic carbocycles. The summed E-state index contributed by atoms with van der Waals surface area (Å²) in [4.78, 5) is 0. The lowest BCUT2D eigenvalue weighted by Crippen LogP contribution is -1.82. The van der Waals surface area contributed by atoms with Crippen LogP contribution < -0.4 is 5.73 Å². The van der Waals surface area contributed by atoms with Crippen molar-refractivity contribution in [3.8, 4) is 23.7 Å². The normalized spacial score (nSPS) is 9.87. The Balaban J connectivity index is 2.56. The fourth-order valence-corrected chi connectivity index (χ4v) is 1.54. The number of hydrogen-bond acceptors (Lipinski definition) is 2. The van der Waals surface area contributed by atoms with Crippen LogP contribution in [-0.2, 0) is 0 Å². The molecule has 0 fully saturated rings. The zero-order valence-corrected chi connectivity index (χ0v) is 8.58. The standard InChI is InChI=1S/C12H8ClNO/c1-2-11-10(14)7-12(15-11)8-5-3-4-6-9(8)13/h1,3-7H,14H2. The van der Waals surface area contributed by atoms with Crippen molar-refractivity contribution in [1.29, 1.82) is 0 Å². The summed E-state index contributed by atoms with van der Waals surface area (Å²) >= 11 is 6.01. The largest absolute Gasteiger partial charge is 0.445 e. The third-order valence-electron chi connectivity index (χ3n) is 2.03. The molecule has 0 saturated carbocycles. The molecule has 2 rings (SSSR count). The van der Waals surface area contributed by atoms with Gasteiger partial charge < -0.3 is 10.2 Å². The van der Waals surface area contributed by atoms with Crippen LogP contribution in [0.2, 0.25) is 5.02 Å². The topological polar surface area (TPSA) is 39.2 Å². The molecule has 0 radical (unpaired) electrons. The monoisotopic (exact) mass is 217 g/mol. The zero-order chi connectivity index (χ0) is 10.8. The second-order valence-corrected chi connectivity index (χ2v) is 3.43. The van der Waals surface area contributed by atoms with Crippen LogP contribution in [0.4, 0.5) is 5.69 Å². The summed E-state index contributed by atoms with van der Waals surface area (Å²) in [7, 11) is 0. The zero-order valence-electron chi connectivity index (χ0n) is 7.83. The van der Waals surface area contributed by atoms with E-state index in [1.165, 1.54) is 0 Å². The van der Waals surface area contributed by atoms with Crippen molar-refractivity contribution < 1.29 is 4.42 Å². The van der Waals surface area contributed by atoms with Crippen molar-refractivity contribution in [3.05, 3.63) is 41.1 Å². The molecule has 0 amide bonds. The number of anilines is 1. The van der Waals surface area contributed by atoms with Gasteiger partial charge in [-0.05, 0) is 18.1 Å². The average molecular weight is 218 g/mol. The maximum atomic E-state index is 6.01. The van der Waals surface area contributed by atoms with Crippen LogP contribution >= 0.6 is 11.6 Å². The smallest absolute Gasteiger partial charge is 0.200 e. The van der Waals surface area contributed by atoms with Gasteiger partial charge in [0.1, 0.15) is 5.76 Å². The van der Waals surface area contributed by atoms with E-state index in [0.29, 0.717) is 22.2 Å². The number of benzene rings is 1. The lowest BCUT2D eigenvalue weighted by molar-refractivity contribution is 0.570. The van der Waals surface area contributed by atoms with Gasteiger partial charge in [-0.1, -0.05) is 23.7 Å². The fraction of sp³-hybridized carbons (Fsp3) is 0. The number of nitrogens with two attached hydrogens (primary N) is 1. The van der Waals surface area contributed by atoms with Gasteiger partial charge in [-0.15, -0.1) is 6.42 Å². The first kappa shape index (κ1) is 9.70.